The molecule has 1 aromatic carbocycles. The van der Waals surface area contributed by atoms with Gasteiger partial charge in [0.25, 0.3) is 0 Å². The van der Waals surface area contributed by atoms with E-state index in [0.717, 1.165) is 0 Å². The zero-order chi connectivity index (χ0) is 15.5. The fourth-order valence-electron chi connectivity index (χ4n) is 1.72. The van der Waals surface area contributed by atoms with E-state index in [9.17, 15) is 13.2 Å². The highest BCUT2D eigenvalue weighted by Gasteiger charge is 2.33. The molecule has 0 radical (unpaired) electrons. The zero-order valence-electron chi connectivity index (χ0n) is 11.5. The summed E-state index contributed by atoms with van der Waals surface area (Å²) in [4.78, 5) is 4.66. The molecule has 0 bridgehead atoms. The first kappa shape index (κ1) is 16.3. The van der Waals surface area contributed by atoms with Crippen LogP contribution < -0.4 is 5.32 Å². The van der Waals surface area contributed by atoms with Crippen LogP contribution in [-0.2, 0) is 12.7 Å². The Balaban J connectivity index is 2.28. The van der Waals surface area contributed by atoms with E-state index in [0.29, 0.717) is 21.6 Å². The van der Waals surface area contributed by atoms with E-state index in [1.807, 2.05) is 6.92 Å². The van der Waals surface area contributed by atoms with Gasteiger partial charge in [0.05, 0.1) is 5.56 Å². The second-order valence-corrected chi connectivity index (χ2v) is 6.38. The molecule has 8 heteroatoms. The summed E-state index contributed by atoms with van der Waals surface area (Å²) < 4.78 is 44.1. The number of benzene rings is 1. The van der Waals surface area contributed by atoms with Crippen LogP contribution in [0, 0.1) is 6.92 Å². The highest BCUT2D eigenvalue weighted by atomic mass is 32.2. The van der Waals surface area contributed by atoms with Gasteiger partial charge < -0.3 is 5.32 Å². The lowest BCUT2D eigenvalue weighted by Gasteiger charge is -2.14. The van der Waals surface area contributed by atoms with E-state index < -0.39 is 11.7 Å². The summed E-state index contributed by atoms with van der Waals surface area (Å²) in [5.41, 5.74) is -0.350. The second kappa shape index (κ2) is 6.76. The van der Waals surface area contributed by atoms with Crippen LogP contribution in [0.1, 0.15) is 23.9 Å². The fraction of sp³-hybridized carbons (Fsp3) is 0.385. The van der Waals surface area contributed by atoms with Crippen molar-refractivity contribution >= 4 is 23.3 Å². The van der Waals surface area contributed by atoms with E-state index >= 15 is 0 Å². The molecule has 0 saturated heterocycles. The predicted octanol–water partition coefficient (Wildman–Crippen LogP) is 4.13. The van der Waals surface area contributed by atoms with Gasteiger partial charge in [0.2, 0.25) is 0 Å². The molecular formula is C13H14F3N3S2. The summed E-state index contributed by atoms with van der Waals surface area (Å²) in [6.45, 7) is 4.43. The molecule has 1 heterocycles. The molecular weight excluding hydrogens is 319 g/mol. The first-order valence-corrected chi connectivity index (χ1v) is 7.88. The average Bonchev–Trinajstić information content (AvgIpc) is 2.81. The van der Waals surface area contributed by atoms with Crippen LogP contribution in [0.15, 0.2) is 27.4 Å². The van der Waals surface area contributed by atoms with Gasteiger partial charge in [0.1, 0.15) is 5.82 Å². The van der Waals surface area contributed by atoms with Gasteiger partial charge in [-0.15, -0.1) is 0 Å². The minimum absolute atomic E-state index is 0.203. The molecule has 0 aliphatic carbocycles. The van der Waals surface area contributed by atoms with Crippen LogP contribution >= 0.6 is 23.3 Å². The van der Waals surface area contributed by atoms with Crippen LogP contribution in [0.5, 0.6) is 0 Å². The highest BCUT2D eigenvalue weighted by molar-refractivity contribution is 8.01. The standard InChI is InChI=1S/C13H14F3N3S2/c1-3-17-7-9-4-5-10(6-11(9)13(14,15)16)20-12-18-8(2)19-21-12/h4-6,17H,3,7H2,1-2H3. The van der Waals surface area contributed by atoms with Crippen LogP contribution in [0.25, 0.3) is 0 Å². The maximum Gasteiger partial charge on any atom is 0.416 e. The molecule has 0 unspecified atom stereocenters. The van der Waals surface area contributed by atoms with Crippen molar-refractivity contribution in [2.24, 2.45) is 0 Å². The number of rotatable bonds is 5. The van der Waals surface area contributed by atoms with Crippen LogP contribution in [0.4, 0.5) is 13.2 Å². The average molecular weight is 333 g/mol. The van der Waals surface area contributed by atoms with Crippen molar-refractivity contribution in [3.63, 3.8) is 0 Å². The lowest BCUT2D eigenvalue weighted by molar-refractivity contribution is -0.138. The number of nitrogens with zero attached hydrogens (tertiary/aromatic N) is 2. The Labute approximate surface area is 129 Å². The van der Waals surface area contributed by atoms with E-state index in [2.05, 4.69) is 14.7 Å². The topological polar surface area (TPSA) is 37.8 Å². The number of aromatic nitrogens is 2. The summed E-state index contributed by atoms with van der Waals surface area (Å²) in [7, 11) is 0. The van der Waals surface area contributed by atoms with Gasteiger partial charge in [0, 0.05) is 11.4 Å². The van der Waals surface area contributed by atoms with Crippen LogP contribution in [0.3, 0.4) is 0 Å². The number of nitrogens with one attached hydrogen (secondary N) is 1. The van der Waals surface area contributed by atoms with Gasteiger partial charge in [-0.2, -0.15) is 17.5 Å². The Bertz CT molecular complexity index is 611. The maximum absolute atomic E-state index is 13.1. The third-order valence-corrected chi connectivity index (χ3v) is 4.50. The number of halogens is 3. The maximum atomic E-state index is 13.1. The Morgan fingerprint density at radius 3 is 2.67 bits per heavy atom. The van der Waals surface area contributed by atoms with Crippen molar-refractivity contribution in [2.45, 2.75) is 35.8 Å². The normalized spacial score (nSPS) is 11.9. The van der Waals surface area contributed by atoms with E-state index in [1.165, 1.54) is 35.4 Å². The molecule has 114 valence electrons. The molecule has 3 nitrogen and oxygen atoms in total. The molecule has 0 fully saturated rings. The minimum atomic E-state index is -4.36. The zero-order valence-corrected chi connectivity index (χ0v) is 13.1. The lowest BCUT2D eigenvalue weighted by atomic mass is 10.1. The Morgan fingerprint density at radius 2 is 2.10 bits per heavy atom. The summed E-state index contributed by atoms with van der Waals surface area (Å²) >= 11 is 2.38. The van der Waals surface area contributed by atoms with Gasteiger partial charge in [-0.3, -0.25) is 0 Å². The lowest BCUT2D eigenvalue weighted by Crippen LogP contribution is -2.17. The Hall–Kier alpha value is -1.12. The van der Waals surface area contributed by atoms with Crippen molar-refractivity contribution in [2.75, 3.05) is 6.54 Å². The monoisotopic (exact) mass is 333 g/mol. The van der Waals surface area contributed by atoms with Crippen molar-refractivity contribution in [1.29, 1.82) is 0 Å². The van der Waals surface area contributed by atoms with E-state index in [-0.39, 0.29) is 12.1 Å². The molecule has 0 amide bonds. The Morgan fingerprint density at radius 1 is 1.33 bits per heavy atom. The molecule has 2 rings (SSSR count). The second-order valence-electron chi connectivity index (χ2n) is 4.31. The van der Waals surface area contributed by atoms with Crippen LogP contribution in [-0.4, -0.2) is 15.9 Å². The molecule has 0 aliphatic rings. The molecule has 0 saturated carbocycles. The number of aryl methyl sites for hydroxylation is 1. The van der Waals surface area contributed by atoms with Crippen molar-refractivity contribution in [3.8, 4) is 0 Å². The molecule has 0 atom stereocenters. The summed E-state index contributed by atoms with van der Waals surface area (Å²) in [5.74, 6) is 0.627. The summed E-state index contributed by atoms with van der Waals surface area (Å²) in [5, 5.41) is 2.92. The largest absolute Gasteiger partial charge is 0.416 e. The van der Waals surface area contributed by atoms with Crippen molar-refractivity contribution in [1.82, 2.24) is 14.7 Å². The molecule has 0 aliphatic heterocycles. The van der Waals surface area contributed by atoms with Gasteiger partial charge in [-0.1, -0.05) is 24.8 Å². The van der Waals surface area contributed by atoms with Gasteiger partial charge in [-0.25, -0.2) is 4.98 Å². The first-order chi connectivity index (χ1) is 9.90. The Kier molecular flexibility index (Phi) is 5.23. The molecule has 1 N–H and O–H groups in total. The van der Waals surface area contributed by atoms with E-state index in [4.69, 9.17) is 0 Å². The molecule has 21 heavy (non-hydrogen) atoms. The summed E-state index contributed by atoms with van der Waals surface area (Å²) in [6, 6.07) is 4.37. The molecule has 0 spiro atoms. The molecule has 1 aromatic heterocycles. The van der Waals surface area contributed by atoms with Crippen molar-refractivity contribution in [3.05, 3.63) is 35.2 Å². The predicted molar refractivity (Wildman–Crippen MR) is 77.6 cm³/mol. The van der Waals surface area contributed by atoms with Crippen LogP contribution in [0.2, 0.25) is 0 Å². The fourth-order valence-corrected chi connectivity index (χ4v) is 3.38. The van der Waals surface area contributed by atoms with Gasteiger partial charge in [0.15, 0.2) is 4.34 Å². The quantitative estimate of drug-likeness (QED) is 0.893. The first-order valence-electron chi connectivity index (χ1n) is 6.29. The van der Waals surface area contributed by atoms with Gasteiger partial charge in [-0.05, 0) is 42.7 Å². The minimum Gasteiger partial charge on any atom is -0.313 e. The third kappa shape index (κ3) is 4.42. The SMILES string of the molecule is CCNCc1ccc(Sc2nc(C)ns2)cc1C(F)(F)F. The van der Waals surface area contributed by atoms with Crippen molar-refractivity contribution < 1.29 is 13.2 Å². The number of hydrogen-bond donors (Lipinski definition) is 1. The smallest absolute Gasteiger partial charge is 0.313 e. The number of hydrogen-bond acceptors (Lipinski definition) is 5. The number of alkyl halides is 3. The third-order valence-electron chi connectivity index (χ3n) is 2.67. The molecule has 2 aromatic rings. The van der Waals surface area contributed by atoms with Gasteiger partial charge >= 0.3 is 6.18 Å². The van der Waals surface area contributed by atoms with E-state index in [1.54, 1.807) is 13.0 Å². The summed E-state index contributed by atoms with van der Waals surface area (Å²) in [6.07, 6.45) is -4.36. The highest BCUT2D eigenvalue weighted by Crippen LogP contribution is 2.37.